The van der Waals surface area contributed by atoms with Crippen LogP contribution in [0.1, 0.15) is 19.5 Å². The minimum atomic E-state index is -5.01. The van der Waals surface area contributed by atoms with Crippen molar-refractivity contribution in [1.82, 2.24) is 25.4 Å². The molecule has 2 fully saturated rings. The summed E-state index contributed by atoms with van der Waals surface area (Å²) in [5.74, 6) is -2.48. The van der Waals surface area contributed by atoms with Gasteiger partial charge < -0.3 is 31.0 Å². The van der Waals surface area contributed by atoms with E-state index < -0.39 is 58.2 Å². The van der Waals surface area contributed by atoms with E-state index in [1.165, 1.54) is 19.2 Å². The predicted molar refractivity (Wildman–Crippen MR) is 164 cm³/mol. The molecule has 1 aromatic carbocycles. The van der Waals surface area contributed by atoms with E-state index in [1.807, 2.05) is 30.1 Å². The second-order valence-corrected chi connectivity index (χ2v) is 13.3. The number of nitrogens with zero attached hydrogens (tertiary/aromatic N) is 5. The SMILES string of the molecule is C[n+]1cc(-c2ccc(OC[C@H](O/N=C(\C(=O)N[C@@H]3C(=O)N(OS(=O)(=O)O)C3(C)C)c3csc(N)n3)C(=O)O)cc2)cn1CC1CNC1. The molecule has 0 spiro atoms. The summed E-state index contributed by atoms with van der Waals surface area (Å²) in [7, 11) is -3.04. The smallest absolute Gasteiger partial charge is 0.418 e. The Balaban J connectivity index is 1.24. The van der Waals surface area contributed by atoms with Crippen molar-refractivity contribution in [3.63, 3.8) is 0 Å². The first-order chi connectivity index (χ1) is 22.1. The van der Waals surface area contributed by atoms with Gasteiger partial charge in [0.15, 0.2) is 17.9 Å². The second-order valence-electron chi connectivity index (χ2n) is 11.4. The number of amides is 2. The fraction of sp³-hybridized carbons (Fsp3) is 0.407. The molecular weight excluding hydrogens is 660 g/mol. The summed E-state index contributed by atoms with van der Waals surface area (Å²) in [6.07, 6.45) is 2.42. The van der Waals surface area contributed by atoms with Gasteiger partial charge in [0.05, 0.1) is 23.8 Å². The maximum absolute atomic E-state index is 13.2. The van der Waals surface area contributed by atoms with E-state index in [1.54, 1.807) is 12.1 Å². The summed E-state index contributed by atoms with van der Waals surface area (Å²) in [5.41, 5.74) is 5.64. The van der Waals surface area contributed by atoms with Crippen LogP contribution in [-0.4, -0.2) is 93.7 Å². The van der Waals surface area contributed by atoms with E-state index in [-0.39, 0.29) is 10.8 Å². The lowest BCUT2D eigenvalue weighted by molar-refractivity contribution is -0.754. The zero-order valence-electron chi connectivity index (χ0n) is 25.4. The number of nitrogen functional groups attached to an aromatic ring is 1. The lowest BCUT2D eigenvalue weighted by atomic mass is 9.84. The Hall–Kier alpha value is -4.63. The quantitative estimate of drug-likeness (QED) is 0.0463. The second kappa shape index (κ2) is 13.2. The molecule has 0 bridgehead atoms. The molecule has 252 valence electrons. The molecular formula is C27H33N8O10S2+. The lowest BCUT2D eigenvalue weighted by Gasteiger charge is -2.50. The molecule has 20 heteroatoms. The fourth-order valence-corrected chi connectivity index (χ4v) is 5.83. The van der Waals surface area contributed by atoms with Crippen molar-refractivity contribution in [3.8, 4) is 16.9 Å². The number of thiazole rings is 1. The Kier molecular flexibility index (Phi) is 9.50. The summed E-state index contributed by atoms with van der Waals surface area (Å²) < 4.78 is 45.3. The molecule has 2 aliphatic heterocycles. The number of ether oxygens (including phenoxy) is 1. The first kappa shape index (κ1) is 33.7. The fourth-order valence-electron chi connectivity index (χ4n) is 4.83. The molecule has 2 saturated heterocycles. The third-order valence-corrected chi connectivity index (χ3v) is 8.58. The molecule has 4 heterocycles. The first-order valence-electron chi connectivity index (χ1n) is 14.1. The number of hydroxylamine groups is 2. The van der Waals surface area contributed by atoms with Crippen LogP contribution < -0.4 is 25.8 Å². The maximum atomic E-state index is 13.2. The Bertz CT molecular complexity index is 1800. The molecule has 2 aliphatic rings. The Morgan fingerprint density at radius 1 is 1.28 bits per heavy atom. The highest BCUT2D eigenvalue weighted by Crippen LogP contribution is 2.33. The van der Waals surface area contributed by atoms with E-state index in [4.69, 9.17) is 19.9 Å². The summed E-state index contributed by atoms with van der Waals surface area (Å²) in [5, 5.41) is 20.9. The molecule has 2 amide bonds. The van der Waals surface area contributed by atoms with Gasteiger partial charge in [-0.2, -0.15) is 18.2 Å². The number of oxime groups is 1. The first-order valence-corrected chi connectivity index (χ1v) is 16.4. The van der Waals surface area contributed by atoms with Crippen LogP contribution in [0.25, 0.3) is 11.1 Å². The number of nitrogens with one attached hydrogen (secondary N) is 2. The number of aromatic nitrogens is 3. The number of aliphatic carboxylic acids is 1. The van der Waals surface area contributed by atoms with Gasteiger partial charge in [-0.25, -0.2) is 9.78 Å². The van der Waals surface area contributed by atoms with Gasteiger partial charge in [0.1, 0.15) is 24.1 Å². The van der Waals surface area contributed by atoms with Crippen molar-refractivity contribution in [3.05, 3.63) is 47.7 Å². The molecule has 5 rings (SSSR count). The zero-order chi connectivity index (χ0) is 34.1. The lowest BCUT2D eigenvalue weighted by Crippen LogP contribution is -2.76. The Labute approximate surface area is 272 Å². The number of carbonyl (C=O) groups is 3. The van der Waals surface area contributed by atoms with E-state index in [9.17, 15) is 27.9 Å². The average molecular weight is 694 g/mol. The number of anilines is 1. The van der Waals surface area contributed by atoms with Crippen LogP contribution in [-0.2, 0) is 47.5 Å². The van der Waals surface area contributed by atoms with E-state index in [0.29, 0.717) is 16.7 Å². The molecule has 18 nitrogen and oxygen atoms in total. The number of hydrogen-bond acceptors (Lipinski definition) is 13. The van der Waals surface area contributed by atoms with Crippen LogP contribution >= 0.6 is 11.3 Å². The van der Waals surface area contributed by atoms with Crippen molar-refractivity contribution >= 4 is 50.4 Å². The van der Waals surface area contributed by atoms with Crippen LogP contribution in [0.3, 0.4) is 0 Å². The van der Waals surface area contributed by atoms with Crippen LogP contribution in [0.15, 0.2) is 47.2 Å². The molecule has 2 atom stereocenters. The van der Waals surface area contributed by atoms with Gasteiger partial charge >= 0.3 is 16.4 Å². The highest BCUT2D eigenvalue weighted by Gasteiger charge is 2.58. The van der Waals surface area contributed by atoms with Crippen molar-refractivity contribution in [2.24, 2.45) is 18.1 Å². The van der Waals surface area contributed by atoms with Crippen molar-refractivity contribution in [1.29, 1.82) is 0 Å². The minimum absolute atomic E-state index is 0.0656. The van der Waals surface area contributed by atoms with E-state index >= 15 is 0 Å². The van der Waals surface area contributed by atoms with Gasteiger partial charge in [-0.3, -0.25) is 14.1 Å². The monoisotopic (exact) mass is 693 g/mol. The van der Waals surface area contributed by atoms with Gasteiger partial charge in [-0.15, -0.1) is 20.3 Å². The number of carboxylic acid groups (broad SMARTS) is 1. The molecule has 0 saturated carbocycles. The number of nitrogens with two attached hydrogens (primary N) is 1. The zero-order valence-corrected chi connectivity index (χ0v) is 27.0. The van der Waals surface area contributed by atoms with Gasteiger partial charge in [-0.05, 0) is 31.5 Å². The number of benzene rings is 1. The van der Waals surface area contributed by atoms with Crippen LogP contribution in [0.4, 0.5) is 5.13 Å². The summed E-state index contributed by atoms with van der Waals surface area (Å²) >= 11 is 0.966. The third kappa shape index (κ3) is 7.68. The third-order valence-electron chi connectivity index (χ3n) is 7.57. The van der Waals surface area contributed by atoms with Crippen molar-refractivity contribution in [2.75, 3.05) is 25.4 Å². The number of carbonyl (C=O) groups excluding carboxylic acids is 2. The molecule has 0 unspecified atom stereocenters. The average Bonchev–Trinajstić information content (AvgIpc) is 3.58. The standard InChI is InChI=1S/C27H32N8O10S2/c1-27(2)22(24(37)35(27)45-47(40,41)42)31-23(36)21(19-14-46-26(28)30-19)32-44-20(25(38)39)13-43-18-6-4-16(5-7-18)17-11-33(3)34(12-17)10-15-8-29-9-15/h4-7,11-12,14-15,20,22,29H,8-10,13H2,1-3H3,(H4-,28,30,31,36,38,39,40,41,42)/p+1/b32-21-/t20-,22+/m0/s1. The molecule has 3 aromatic rings. The van der Waals surface area contributed by atoms with E-state index in [0.717, 1.165) is 42.1 Å². The van der Waals surface area contributed by atoms with Crippen LogP contribution in [0.5, 0.6) is 5.75 Å². The van der Waals surface area contributed by atoms with Crippen molar-refractivity contribution in [2.45, 2.75) is 38.1 Å². The van der Waals surface area contributed by atoms with Crippen LogP contribution in [0, 0.1) is 5.92 Å². The molecule has 6 N–H and O–H groups in total. The molecule has 0 radical (unpaired) electrons. The van der Waals surface area contributed by atoms with Crippen LogP contribution in [0.2, 0.25) is 0 Å². The van der Waals surface area contributed by atoms with Gasteiger partial charge in [-0.1, -0.05) is 17.3 Å². The highest BCUT2D eigenvalue weighted by atomic mass is 32.3. The van der Waals surface area contributed by atoms with Gasteiger partial charge in [0.25, 0.3) is 17.9 Å². The minimum Gasteiger partial charge on any atom is -0.489 e. The Morgan fingerprint density at radius 3 is 2.53 bits per heavy atom. The predicted octanol–water partition coefficient (Wildman–Crippen LogP) is -0.669. The number of hydrogen-bond donors (Lipinski definition) is 5. The largest absolute Gasteiger partial charge is 0.489 e. The molecule has 47 heavy (non-hydrogen) atoms. The van der Waals surface area contributed by atoms with Gasteiger partial charge in [0, 0.05) is 24.4 Å². The number of carboxylic acids is 1. The van der Waals surface area contributed by atoms with E-state index in [2.05, 4.69) is 35.9 Å². The molecule has 2 aromatic heterocycles. The number of aryl methyl sites for hydroxylation is 1. The topological polar surface area (TPSA) is 241 Å². The van der Waals surface area contributed by atoms with Crippen molar-refractivity contribution < 1.29 is 51.0 Å². The summed E-state index contributed by atoms with van der Waals surface area (Å²) in [6.45, 7) is 5.15. The normalized spacial score (nSPS) is 18.6. The van der Waals surface area contributed by atoms with Gasteiger partial charge in [0.2, 0.25) is 6.20 Å². The maximum Gasteiger partial charge on any atom is 0.418 e. The summed E-state index contributed by atoms with van der Waals surface area (Å²) in [4.78, 5) is 46.9. The number of rotatable bonds is 14. The molecule has 0 aliphatic carbocycles. The summed E-state index contributed by atoms with van der Waals surface area (Å²) in [6, 6.07) is 5.74. The Morgan fingerprint density at radius 2 is 1.98 bits per heavy atom. The highest BCUT2D eigenvalue weighted by molar-refractivity contribution is 7.80. The number of β-lactam (4-membered cyclic amide) rings is 1.